The number of anilines is 2. The van der Waals surface area contributed by atoms with Crippen LogP contribution in [0.15, 0.2) is 71.5 Å². The molecule has 2 amide bonds. The third-order valence-corrected chi connectivity index (χ3v) is 4.09. The van der Waals surface area contributed by atoms with Crippen LogP contribution in [0.25, 0.3) is 11.3 Å². The minimum Gasteiger partial charge on any atom is -0.326 e. The molecule has 0 aliphatic heterocycles. The standard InChI is InChI=1S/C21H20N4O3/c1-14(21(28)23-18-10-6-9-17(13-18)22-15(2)26)25-20(27)12-11-19(24-25)16-7-4-3-5-8-16/h3-14H,1-2H3,(H,22,26)(H,23,28). The predicted molar refractivity (Wildman–Crippen MR) is 108 cm³/mol. The summed E-state index contributed by atoms with van der Waals surface area (Å²) in [5.74, 6) is -0.592. The summed E-state index contributed by atoms with van der Waals surface area (Å²) in [5.41, 5.74) is 2.17. The van der Waals surface area contributed by atoms with Crippen molar-refractivity contribution in [3.05, 3.63) is 77.1 Å². The summed E-state index contributed by atoms with van der Waals surface area (Å²) < 4.78 is 1.16. The van der Waals surface area contributed by atoms with Crippen LogP contribution in [-0.4, -0.2) is 21.6 Å². The normalized spacial score (nSPS) is 11.5. The zero-order valence-electron chi connectivity index (χ0n) is 15.5. The molecule has 7 heteroatoms. The fourth-order valence-electron chi connectivity index (χ4n) is 2.70. The van der Waals surface area contributed by atoms with Crippen LogP contribution in [0.2, 0.25) is 0 Å². The van der Waals surface area contributed by atoms with E-state index < -0.39 is 6.04 Å². The van der Waals surface area contributed by atoms with Crippen molar-refractivity contribution in [3.63, 3.8) is 0 Å². The van der Waals surface area contributed by atoms with Crippen LogP contribution in [0, 0.1) is 0 Å². The molecule has 3 rings (SSSR count). The number of carbonyl (C=O) groups excluding carboxylic acids is 2. The quantitative estimate of drug-likeness (QED) is 0.716. The monoisotopic (exact) mass is 376 g/mol. The Bertz CT molecular complexity index is 1060. The average molecular weight is 376 g/mol. The van der Waals surface area contributed by atoms with Gasteiger partial charge in [-0.2, -0.15) is 5.10 Å². The first-order valence-electron chi connectivity index (χ1n) is 8.78. The fraction of sp³-hybridized carbons (Fsp3) is 0.143. The molecule has 1 heterocycles. The van der Waals surface area contributed by atoms with E-state index in [-0.39, 0.29) is 17.4 Å². The maximum atomic E-state index is 12.6. The van der Waals surface area contributed by atoms with Gasteiger partial charge in [0.15, 0.2) is 0 Å². The highest BCUT2D eigenvalue weighted by atomic mass is 16.2. The van der Waals surface area contributed by atoms with E-state index in [1.165, 1.54) is 13.0 Å². The number of aromatic nitrogens is 2. The largest absolute Gasteiger partial charge is 0.326 e. The Morgan fingerprint density at radius 1 is 0.929 bits per heavy atom. The lowest BCUT2D eigenvalue weighted by molar-refractivity contribution is -0.119. The van der Waals surface area contributed by atoms with E-state index in [1.807, 2.05) is 30.3 Å². The zero-order chi connectivity index (χ0) is 20.1. The van der Waals surface area contributed by atoms with Gasteiger partial charge < -0.3 is 10.6 Å². The van der Waals surface area contributed by atoms with Crippen molar-refractivity contribution in [1.29, 1.82) is 0 Å². The Kier molecular flexibility index (Phi) is 5.64. The molecule has 0 aliphatic carbocycles. The van der Waals surface area contributed by atoms with Gasteiger partial charge in [0.05, 0.1) is 5.69 Å². The second-order valence-electron chi connectivity index (χ2n) is 6.29. The van der Waals surface area contributed by atoms with Gasteiger partial charge in [0.25, 0.3) is 5.56 Å². The number of hydrogen-bond donors (Lipinski definition) is 2. The van der Waals surface area contributed by atoms with Crippen molar-refractivity contribution in [2.24, 2.45) is 0 Å². The lowest BCUT2D eigenvalue weighted by Gasteiger charge is -2.15. The summed E-state index contributed by atoms with van der Waals surface area (Å²) in [7, 11) is 0. The summed E-state index contributed by atoms with van der Waals surface area (Å²) in [5, 5.41) is 9.76. The van der Waals surface area contributed by atoms with Crippen LogP contribution in [0.4, 0.5) is 11.4 Å². The number of benzene rings is 2. The van der Waals surface area contributed by atoms with E-state index in [0.29, 0.717) is 17.1 Å². The average Bonchev–Trinajstić information content (AvgIpc) is 2.68. The van der Waals surface area contributed by atoms with Crippen LogP contribution >= 0.6 is 0 Å². The Balaban J connectivity index is 1.82. The van der Waals surface area contributed by atoms with Gasteiger partial charge in [-0.05, 0) is 31.2 Å². The molecular formula is C21H20N4O3. The van der Waals surface area contributed by atoms with Crippen LogP contribution in [0.5, 0.6) is 0 Å². The number of hydrogen-bond acceptors (Lipinski definition) is 4. The number of nitrogens with one attached hydrogen (secondary N) is 2. The van der Waals surface area contributed by atoms with E-state index in [1.54, 1.807) is 37.3 Å². The van der Waals surface area contributed by atoms with Gasteiger partial charge in [0.2, 0.25) is 11.8 Å². The molecule has 1 aromatic heterocycles. The third kappa shape index (κ3) is 4.50. The molecule has 0 fully saturated rings. The predicted octanol–water partition coefficient (Wildman–Crippen LogP) is 3.07. The second kappa shape index (κ2) is 8.30. The second-order valence-corrected chi connectivity index (χ2v) is 6.29. The molecule has 7 nitrogen and oxygen atoms in total. The molecule has 142 valence electrons. The number of rotatable bonds is 5. The molecule has 1 unspecified atom stereocenters. The van der Waals surface area contributed by atoms with Crippen molar-refractivity contribution >= 4 is 23.2 Å². The van der Waals surface area contributed by atoms with E-state index in [4.69, 9.17) is 0 Å². The summed E-state index contributed by atoms with van der Waals surface area (Å²) >= 11 is 0. The Morgan fingerprint density at radius 3 is 2.29 bits per heavy atom. The molecule has 2 aromatic carbocycles. The van der Waals surface area contributed by atoms with Gasteiger partial charge in [0.1, 0.15) is 6.04 Å². The molecular weight excluding hydrogens is 356 g/mol. The molecule has 0 aliphatic rings. The molecule has 28 heavy (non-hydrogen) atoms. The van der Waals surface area contributed by atoms with Crippen LogP contribution < -0.4 is 16.2 Å². The molecule has 0 saturated heterocycles. The van der Waals surface area contributed by atoms with Crippen molar-refractivity contribution in [3.8, 4) is 11.3 Å². The molecule has 3 aromatic rings. The Hall–Kier alpha value is -3.74. The molecule has 1 atom stereocenters. The zero-order valence-corrected chi connectivity index (χ0v) is 15.5. The smallest absolute Gasteiger partial charge is 0.267 e. The van der Waals surface area contributed by atoms with E-state index in [0.717, 1.165) is 10.2 Å². The number of carbonyl (C=O) groups is 2. The van der Waals surface area contributed by atoms with Gasteiger partial charge in [-0.1, -0.05) is 36.4 Å². The first kappa shape index (κ1) is 19.0. The minimum atomic E-state index is -0.819. The van der Waals surface area contributed by atoms with E-state index >= 15 is 0 Å². The Morgan fingerprint density at radius 2 is 1.61 bits per heavy atom. The van der Waals surface area contributed by atoms with Crippen LogP contribution in [-0.2, 0) is 9.59 Å². The molecule has 0 radical (unpaired) electrons. The van der Waals surface area contributed by atoms with Crippen molar-refractivity contribution in [1.82, 2.24) is 9.78 Å². The molecule has 0 saturated carbocycles. The third-order valence-electron chi connectivity index (χ3n) is 4.09. The topological polar surface area (TPSA) is 93.1 Å². The first-order valence-corrected chi connectivity index (χ1v) is 8.78. The van der Waals surface area contributed by atoms with Crippen molar-refractivity contribution in [2.75, 3.05) is 10.6 Å². The lowest BCUT2D eigenvalue weighted by atomic mass is 10.1. The van der Waals surface area contributed by atoms with Crippen LogP contribution in [0.3, 0.4) is 0 Å². The minimum absolute atomic E-state index is 0.203. The van der Waals surface area contributed by atoms with Gasteiger partial charge in [0, 0.05) is 29.9 Å². The molecule has 0 bridgehead atoms. The summed E-state index contributed by atoms with van der Waals surface area (Å²) in [4.78, 5) is 36.1. The number of nitrogens with zero attached hydrogens (tertiary/aromatic N) is 2. The first-order chi connectivity index (χ1) is 13.4. The fourth-order valence-corrected chi connectivity index (χ4v) is 2.70. The highest BCUT2D eigenvalue weighted by Gasteiger charge is 2.18. The summed E-state index contributed by atoms with van der Waals surface area (Å²) in [6, 6.07) is 18.4. The maximum absolute atomic E-state index is 12.6. The van der Waals surface area contributed by atoms with E-state index in [9.17, 15) is 14.4 Å². The highest BCUT2D eigenvalue weighted by Crippen LogP contribution is 2.18. The van der Waals surface area contributed by atoms with Crippen molar-refractivity contribution < 1.29 is 9.59 Å². The van der Waals surface area contributed by atoms with Crippen LogP contribution in [0.1, 0.15) is 19.9 Å². The summed E-state index contributed by atoms with van der Waals surface area (Å²) in [6.45, 7) is 3.02. The molecule has 2 N–H and O–H groups in total. The maximum Gasteiger partial charge on any atom is 0.267 e. The molecule has 0 spiro atoms. The number of amides is 2. The Labute approximate surface area is 162 Å². The van der Waals surface area contributed by atoms with E-state index in [2.05, 4.69) is 15.7 Å². The van der Waals surface area contributed by atoms with Gasteiger partial charge in [-0.15, -0.1) is 0 Å². The van der Waals surface area contributed by atoms with Gasteiger partial charge >= 0.3 is 0 Å². The summed E-state index contributed by atoms with van der Waals surface area (Å²) in [6.07, 6.45) is 0. The SMILES string of the molecule is CC(=O)Nc1cccc(NC(=O)C(C)n2nc(-c3ccccc3)ccc2=O)c1. The van der Waals surface area contributed by atoms with Gasteiger partial charge in [-0.3, -0.25) is 14.4 Å². The van der Waals surface area contributed by atoms with Gasteiger partial charge in [-0.25, -0.2) is 4.68 Å². The lowest BCUT2D eigenvalue weighted by Crippen LogP contribution is -2.33. The van der Waals surface area contributed by atoms with Crippen molar-refractivity contribution in [2.45, 2.75) is 19.9 Å². The highest BCUT2D eigenvalue weighted by molar-refractivity contribution is 5.95.